The Balaban J connectivity index is 2.46. The fourth-order valence-electron chi connectivity index (χ4n) is 2.09. The van der Waals surface area contributed by atoms with Gasteiger partial charge in [-0.1, -0.05) is 11.6 Å². The maximum absolute atomic E-state index is 11.9. The molecule has 2 rings (SSSR count). The predicted molar refractivity (Wildman–Crippen MR) is 80.1 cm³/mol. The van der Waals surface area contributed by atoms with Crippen molar-refractivity contribution in [3.8, 4) is 0 Å². The van der Waals surface area contributed by atoms with E-state index in [1.54, 1.807) is 34.9 Å². The van der Waals surface area contributed by atoms with Crippen LogP contribution in [0, 0.1) is 0 Å². The Labute approximate surface area is 122 Å². The van der Waals surface area contributed by atoms with E-state index in [1.807, 2.05) is 0 Å². The number of halogens is 1. The van der Waals surface area contributed by atoms with Gasteiger partial charge in [0.2, 0.25) is 0 Å². The lowest BCUT2D eigenvalue weighted by molar-refractivity contribution is 0.112. The zero-order valence-corrected chi connectivity index (χ0v) is 12.8. The molecule has 1 heterocycles. The van der Waals surface area contributed by atoms with Crippen molar-refractivity contribution in [2.45, 2.75) is 5.37 Å². The van der Waals surface area contributed by atoms with Gasteiger partial charge in [0.15, 0.2) is 16.1 Å². The summed E-state index contributed by atoms with van der Waals surface area (Å²) in [6, 6.07) is 4.94. The third kappa shape index (κ3) is 3.24. The van der Waals surface area contributed by atoms with Gasteiger partial charge in [-0.2, -0.15) is 11.8 Å². The average molecular weight is 320 g/mol. The molecular formula is C12H14ClNO3S2. The van der Waals surface area contributed by atoms with Crippen LogP contribution in [-0.4, -0.2) is 44.4 Å². The third-order valence-electron chi connectivity index (χ3n) is 3.00. The Morgan fingerprint density at radius 2 is 2.21 bits per heavy atom. The van der Waals surface area contributed by atoms with Gasteiger partial charge in [-0.05, 0) is 18.2 Å². The first kappa shape index (κ1) is 14.7. The molecule has 1 aromatic rings. The number of aldehydes is 1. The molecule has 7 heteroatoms. The number of hydrogen-bond donors (Lipinski definition) is 0. The van der Waals surface area contributed by atoms with Gasteiger partial charge < -0.3 is 4.90 Å². The Hall–Kier alpha value is -0.720. The number of rotatable bonds is 3. The summed E-state index contributed by atoms with van der Waals surface area (Å²) in [6.45, 7) is 0.602. The van der Waals surface area contributed by atoms with Crippen LogP contribution in [0.15, 0.2) is 18.2 Å². The second-order valence-electron chi connectivity index (χ2n) is 4.37. The minimum Gasteiger partial charge on any atom is -0.353 e. The van der Waals surface area contributed by atoms with Crippen LogP contribution >= 0.6 is 23.4 Å². The van der Waals surface area contributed by atoms with Gasteiger partial charge in [0.25, 0.3) is 0 Å². The van der Waals surface area contributed by atoms with Crippen LogP contribution in [-0.2, 0) is 9.84 Å². The van der Waals surface area contributed by atoms with Gasteiger partial charge in [-0.3, -0.25) is 4.79 Å². The van der Waals surface area contributed by atoms with Crippen LogP contribution in [0.4, 0.5) is 5.69 Å². The molecule has 1 fully saturated rings. The fourth-order valence-corrected chi connectivity index (χ4v) is 5.11. The number of anilines is 1. The van der Waals surface area contributed by atoms with E-state index in [0.29, 0.717) is 34.9 Å². The molecule has 1 unspecified atom stereocenters. The lowest BCUT2D eigenvalue weighted by Crippen LogP contribution is -2.47. The monoisotopic (exact) mass is 319 g/mol. The molecule has 0 aromatic heterocycles. The minimum absolute atomic E-state index is 0.424. The zero-order chi connectivity index (χ0) is 14.0. The van der Waals surface area contributed by atoms with Gasteiger partial charge in [0.1, 0.15) is 5.37 Å². The zero-order valence-electron chi connectivity index (χ0n) is 10.4. The number of carbonyl (C=O) groups excluding carboxylic acids is 1. The number of thioether (sulfide) groups is 1. The highest BCUT2D eigenvalue weighted by Gasteiger charge is 2.32. The maximum Gasteiger partial charge on any atom is 0.169 e. The molecule has 4 nitrogen and oxygen atoms in total. The molecule has 1 aromatic carbocycles. The van der Waals surface area contributed by atoms with Crippen molar-refractivity contribution < 1.29 is 13.2 Å². The smallest absolute Gasteiger partial charge is 0.169 e. The number of benzene rings is 1. The van der Waals surface area contributed by atoms with Crippen molar-refractivity contribution in [3.05, 3.63) is 28.8 Å². The molecule has 1 aliphatic heterocycles. The molecule has 1 atom stereocenters. The van der Waals surface area contributed by atoms with Crippen LogP contribution in [0.25, 0.3) is 0 Å². The Morgan fingerprint density at radius 3 is 2.84 bits per heavy atom. The van der Waals surface area contributed by atoms with Gasteiger partial charge >= 0.3 is 0 Å². The third-order valence-corrected chi connectivity index (χ3v) is 5.88. The standard InChI is InChI=1S/C12H14ClNO3S2/c1-19(16,17)12-8-18-5-4-14(12)11-3-2-10(13)6-9(11)7-15/h2-3,6-7,12H,4-5,8H2,1H3. The predicted octanol–water partition coefficient (Wildman–Crippen LogP) is 2.08. The summed E-state index contributed by atoms with van der Waals surface area (Å²) in [4.78, 5) is 12.9. The van der Waals surface area contributed by atoms with Crippen LogP contribution in [0.1, 0.15) is 10.4 Å². The van der Waals surface area contributed by atoms with Crippen molar-refractivity contribution in [3.63, 3.8) is 0 Å². The molecule has 0 radical (unpaired) electrons. The average Bonchev–Trinajstić information content (AvgIpc) is 2.37. The van der Waals surface area contributed by atoms with E-state index in [4.69, 9.17) is 11.6 Å². The highest BCUT2D eigenvalue weighted by Crippen LogP contribution is 2.30. The van der Waals surface area contributed by atoms with Crippen molar-refractivity contribution in [2.75, 3.05) is 29.2 Å². The Kier molecular flexibility index (Phi) is 4.43. The maximum atomic E-state index is 11.9. The molecule has 0 N–H and O–H groups in total. The number of hydrogen-bond acceptors (Lipinski definition) is 5. The van der Waals surface area contributed by atoms with Gasteiger partial charge in [0, 0.05) is 40.6 Å². The van der Waals surface area contributed by atoms with E-state index < -0.39 is 15.2 Å². The number of nitrogens with zero attached hydrogens (tertiary/aromatic N) is 1. The number of carbonyl (C=O) groups is 1. The second-order valence-corrected chi connectivity index (χ2v) is 8.16. The Bertz CT molecular complexity index is 589. The first-order valence-electron chi connectivity index (χ1n) is 5.71. The minimum atomic E-state index is -3.20. The normalized spacial score (nSPS) is 20.3. The molecule has 1 aliphatic rings. The first-order chi connectivity index (χ1) is 8.93. The quantitative estimate of drug-likeness (QED) is 0.798. The summed E-state index contributed by atoms with van der Waals surface area (Å²) in [7, 11) is -3.20. The van der Waals surface area contributed by atoms with Crippen molar-refractivity contribution in [1.82, 2.24) is 0 Å². The molecule has 0 bridgehead atoms. The summed E-state index contributed by atoms with van der Waals surface area (Å²) in [5.41, 5.74) is 1.06. The summed E-state index contributed by atoms with van der Waals surface area (Å²) >= 11 is 7.47. The number of sulfone groups is 1. The largest absolute Gasteiger partial charge is 0.353 e. The highest BCUT2D eigenvalue weighted by atomic mass is 35.5. The van der Waals surface area contributed by atoms with E-state index in [0.717, 1.165) is 5.75 Å². The van der Waals surface area contributed by atoms with Crippen LogP contribution < -0.4 is 4.90 Å². The lowest BCUT2D eigenvalue weighted by Gasteiger charge is -2.36. The fraction of sp³-hybridized carbons (Fsp3) is 0.417. The highest BCUT2D eigenvalue weighted by molar-refractivity contribution is 8.01. The van der Waals surface area contributed by atoms with Gasteiger partial charge in [-0.25, -0.2) is 8.42 Å². The summed E-state index contributed by atoms with van der Waals surface area (Å²) in [5.74, 6) is 1.35. The van der Waals surface area contributed by atoms with Crippen LogP contribution in [0.2, 0.25) is 5.02 Å². The molecule has 19 heavy (non-hydrogen) atoms. The summed E-state index contributed by atoms with van der Waals surface area (Å²) in [6.07, 6.45) is 1.94. The molecule has 104 valence electrons. The van der Waals surface area contributed by atoms with E-state index >= 15 is 0 Å². The van der Waals surface area contributed by atoms with E-state index in [9.17, 15) is 13.2 Å². The summed E-state index contributed by atoms with van der Waals surface area (Å²) in [5, 5.41) is -0.126. The van der Waals surface area contributed by atoms with Crippen molar-refractivity contribution >= 4 is 45.2 Å². The van der Waals surface area contributed by atoms with E-state index in [1.165, 1.54) is 6.26 Å². The molecular weight excluding hydrogens is 306 g/mol. The molecule has 0 spiro atoms. The first-order valence-corrected chi connectivity index (χ1v) is 9.20. The van der Waals surface area contributed by atoms with Gasteiger partial charge in [-0.15, -0.1) is 0 Å². The molecule has 0 amide bonds. The lowest BCUT2D eigenvalue weighted by atomic mass is 10.1. The molecule has 0 saturated carbocycles. The van der Waals surface area contributed by atoms with Crippen LogP contribution in [0.3, 0.4) is 0 Å². The van der Waals surface area contributed by atoms with E-state index in [-0.39, 0.29) is 0 Å². The molecule has 0 aliphatic carbocycles. The molecule has 1 saturated heterocycles. The topological polar surface area (TPSA) is 54.5 Å². The Morgan fingerprint density at radius 1 is 1.47 bits per heavy atom. The van der Waals surface area contributed by atoms with Crippen LogP contribution in [0.5, 0.6) is 0 Å². The second kappa shape index (κ2) is 5.73. The van der Waals surface area contributed by atoms with Crippen molar-refractivity contribution in [2.24, 2.45) is 0 Å². The van der Waals surface area contributed by atoms with E-state index in [2.05, 4.69) is 0 Å². The SMILES string of the molecule is CS(=O)(=O)C1CSCCN1c1ccc(Cl)cc1C=O. The van der Waals surface area contributed by atoms with Gasteiger partial charge in [0.05, 0.1) is 0 Å². The summed E-state index contributed by atoms with van der Waals surface area (Å²) < 4.78 is 23.7. The van der Waals surface area contributed by atoms with Crippen molar-refractivity contribution in [1.29, 1.82) is 0 Å².